The van der Waals surface area contributed by atoms with E-state index in [1.807, 2.05) is 0 Å². The second-order valence-corrected chi connectivity index (χ2v) is 22.7. The monoisotopic (exact) mass is 1100 g/mol. The SMILES string of the molecule is CC/C=C\C/C=C\C/C=C\C/C=C\C/C=C\C/C=C\CCCCCCC(=O)OCC(COC(=O)CCCCCCCCCCCCCCCCCCCCC)OC(=O)CCCCCCCCCCC/C=C\CCCCCCCC. The van der Waals surface area contributed by atoms with Gasteiger partial charge in [-0.15, -0.1) is 0 Å². The van der Waals surface area contributed by atoms with Crippen LogP contribution >= 0.6 is 0 Å². The summed E-state index contributed by atoms with van der Waals surface area (Å²) in [7, 11) is 0. The van der Waals surface area contributed by atoms with Crippen LogP contribution in [0.1, 0.15) is 342 Å². The molecule has 0 saturated carbocycles. The fourth-order valence-electron chi connectivity index (χ4n) is 9.80. The van der Waals surface area contributed by atoms with Crippen LogP contribution in [0.25, 0.3) is 0 Å². The van der Waals surface area contributed by atoms with Crippen LogP contribution in [0.2, 0.25) is 0 Å². The number of carbonyl (C=O) groups is 3. The van der Waals surface area contributed by atoms with Crippen LogP contribution < -0.4 is 0 Å². The molecule has 0 N–H and O–H groups in total. The van der Waals surface area contributed by atoms with Crippen LogP contribution in [0, 0.1) is 0 Å². The van der Waals surface area contributed by atoms with Gasteiger partial charge in [0.15, 0.2) is 6.10 Å². The minimum absolute atomic E-state index is 0.0823. The third-order valence-electron chi connectivity index (χ3n) is 14.9. The van der Waals surface area contributed by atoms with Crippen LogP contribution in [0.3, 0.4) is 0 Å². The molecule has 0 spiro atoms. The molecule has 1 atom stereocenters. The highest BCUT2D eigenvalue weighted by atomic mass is 16.6. The molecular formula is C73H128O6. The number of rotatable bonds is 62. The number of unbranched alkanes of at least 4 members (excludes halogenated alkanes) is 37. The van der Waals surface area contributed by atoms with E-state index in [1.165, 1.54) is 193 Å². The van der Waals surface area contributed by atoms with E-state index in [4.69, 9.17) is 14.2 Å². The molecule has 0 aromatic heterocycles. The van der Waals surface area contributed by atoms with Gasteiger partial charge < -0.3 is 14.2 Å². The average molecular weight is 1100 g/mol. The van der Waals surface area contributed by atoms with E-state index in [2.05, 4.69) is 106 Å². The lowest BCUT2D eigenvalue weighted by Crippen LogP contribution is -2.30. The van der Waals surface area contributed by atoms with Crippen molar-refractivity contribution in [1.29, 1.82) is 0 Å². The van der Waals surface area contributed by atoms with E-state index in [9.17, 15) is 14.4 Å². The van der Waals surface area contributed by atoms with Crippen LogP contribution in [0.4, 0.5) is 0 Å². The average Bonchev–Trinajstić information content (AvgIpc) is 3.45. The highest BCUT2D eigenvalue weighted by molar-refractivity contribution is 5.71. The fraction of sp³-hybridized carbons (Fsp3) is 0.767. The number of allylic oxidation sites excluding steroid dienone is 14. The third kappa shape index (κ3) is 65.3. The van der Waals surface area contributed by atoms with Crippen molar-refractivity contribution >= 4 is 17.9 Å². The fourth-order valence-corrected chi connectivity index (χ4v) is 9.80. The predicted octanol–water partition coefficient (Wildman–Crippen LogP) is 23.4. The van der Waals surface area contributed by atoms with Crippen LogP contribution in [-0.4, -0.2) is 37.2 Å². The zero-order valence-corrected chi connectivity index (χ0v) is 52.4. The first-order valence-electron chi connectivity index (χ1n) is 34.1. The molecule has 0 aliphatic heterocycles. The molecule has 0 heterocycles. The summed E-state index contributed by atoms with van der Waals surface area (Å²) < 4.78 is 17.0. The lowest BCUT2D eigenvalue weighted by molar-refractivity contribution is -0.167. The third-order valence-corrected chi connectivity index (χ3v) is 14.9. The van der Waals surface area contributed by atoms with Gasteiger partial charge in [0.2, 0.25) is 0 Å². The lowest BCUT2D eigenvalue weighted by Gasteiger charge is -2.18. The van der Waals surface area contributed by atoms with Crippen LogP contribution in [-0.2, 0) is 28.6 Å². The van der Waals surface area contributed by atoms with Gasteiger partial charge in [0.05, 0.1) is 0 Å². The Morgan fingerprint density at radius 3 is 0.785 bits per heavy atom. The quantitative estimate of drug-likeness (QED) is 0.0261. The molecule has 1 unspecified atom stereocenters. The van der Waals surface area contributed by atoms with E-state index in [1.54, 1.807) is 0 Å². The first-order valence-corrected chi connectivity index (χ1v) is 34.1. The van der Waals surface area contributed by atoms with Crippen molar-refractivity contribution < 1.29 is 28.6 Å². The van der Waals surface area contributed by atoms with E-state index >= 15 is 0 Å². The molecule has 0 saturated heterocycles. The van der Waals surface area contributed by atoms with E-state index in [-0.39, 0.29) is 31.1 Å². The smallest absolute Gasteiger partial charge is 0.306 e. The largest absolute Gasteiger partial charge is 0.462 e. The molecule has 6 heteroatoms. The van der Waals surface area contributed by atoms with Gasteiger partial charge in [0, 0.05) is 19.3 Å². The molecule has 0 aliphatic carbocycles. The molecule has 0 aromatic carbocycles. The maximum absolute atomic E-state index is 12.9. The zero-order chi connectivity index (χ0) is 57.1. The van der Waals surface area contributed by atoms with E-state index < -0.39 is 6.10 Å². The molecular weight excluding hydrogens is 973 g/mol. The summed E-state index contributed by atoms with van der Waals surface area (Å²) in [5, 5.41) is 0. The number of hydrogen-bond donors (Lipinski definition) is 0. The Morgan fingerprint density at radius 2 is 0.494 bits per heavy atom. The molecule has 0 radical (unpaired) electrons. The Kier molecular flexibility index (Phi) is 64.2. The Labute approximate surface area is 490 Å². The van der Waals surface area contributed by atoms with Crippen molar-refractivity contribution in [2.24, 2.45) is 0 Å². The van der Waals surface area contributed by atoms with Crippen molar-refractivity contribution in [2.45, 2.75) is 348 Å². The molecule has 6 nitrogen and oxygen atoms in total. The highest BCUT2D eigenvalue weighted by Gasteiger charge is 2.19. The Morgan fingerprint density at radius 1 is 0.266 bits per heavy atom. The van der Waals surface area contributed by atoms with Gasteiger partial charge >= 0.3 is 17.9 Å². The van der Waals surface area contributed by atoms with Gasteiger partial charge in [-0.3, -0.25) is 14.4 Å². The standard InChI is InChI=1S/C73H128O6/c1-4-7-10-13-16-19-22-25-28-31-34-35-36-37-40-42-45-48-51-54-57-60-63-66-72(75)78-69-70(79-73(76)67-64-61-58-55-52-49-46-43-39-33-30-27-24-21-18-15-12-9-6-3)68-77-71(74)65-62-59-56-53-50-47-44-41-38-32-29-26-23-20-17-14-11-8-5-2/h7,10,16,19,25,27-28,30,34-35,37,40,45,48,70H,4-6,8-9,11-15,17-18,20-24,26,29,31-33,36,38-39,41-44,46-47,49-69H2,1-3H3/b10-7-,19-16-,28-25-,30-27-,35-34-,40-37-,48-45-. The van der Waals surface area contributed by atoms with E-state index in [0.717, 1.165) is 109 Å². The molecule has 79 heavy (non-hydrogen) atoms. The number of carbonyl (C=O) groups excluding carboxylic acids is 3. The van der Waals surface area contributed by atoms with Gasteiger partial charge in [-0.05, 0) is 96.3 Å². The van der Waals surface area contributed by atoms with Gasteiger partial charge in [-0.25, -0.2) is 0 Å². The van der Waals surface area contributed by atoms with E-state index in [0.29, 0.717) is 19.3 Å². The molecule has 0 fully saturated rings. The van der Waals surface area contributed by atoms with Crippen molar-refractivity contribution in [3.05, 3.63) is 85.1 Å². The normalized spacial score (nSPS) is 12.6. The predicted molar refractivity (Wildman–Crippen MR) is 344 cm³/mol. The summed E-state index contributed by atoms with van der Waals surface area (Å²) in [6.07, 6.45) is 88.8. The van der Waals surface area contributed by atoms with Crippen molar-refractivity contribution in [3.8, 4) is 0 Å². The first-order chi connectivity index (χ1) is 39.0. The second-order valence-electron chi connectivity index (χ2n) is 22.7. The summed E-state index contributed by atoms with van der Waals surface area (Å²) in [6.45, 7) is 6.55. The number of ether oxygens (including phenoxy) is 3. The molecule has 0 aromatic rings. The minimum Gasteiger partial charge on any atom is -0.462 e. The van der Waals surface area contributed by atoms with Gasteiger partial charge in [0.25, 0.3) is 0 Å². The maximum atomic E-state index is 12.9. The summed E-state index contributed by atoms with van der Waals surface area (Å²) in [4.78, 5) is 38.4. The molecule has 0 bridgehead atoms. The Balaban J connectivity index is 4.41. The topological polar surface area (TPSA) is 78.9 Å². The summed E-state index contributed by atoms with van der Waals surface area (Å²) >= 11 is 0. The molecule has 456 valence electrons. The summed E-state index contributed by atoms with van der Waals surface area (Å²) in [5.74, 6) is -0.892. The van der Waals surface area contributed by atoms with Crippen molar-refractivity contribution in [3.63, 3.8) is 0 Å². The van der Waals surface area contributed by atoms with Crippen LogP contribution in [0.15, 0.2) is 85.1 Å². The van der Waals surface area contributed by atoms with Crippen LogP contribution in [0.5, 0.6) is 0 Å². The molecule has 0 aliphatic rings. The Hall–Kier alpha value is -3.41. The minimum atomic E-state index is -0.789. The second kappa shape index (κ2) is 67.1. The lowest BCUT2D eigenvalue weighted by atomic mass is 10.0. The molecule has 0 rings (SSSR count). The van der Waals surface area contributed by atoms with Gasteiger partial charge in [-0.2, -0.15) is 0 Å². The molecule has 0 amide bonds. The van der Waals surface area contributed by atoms with Crippen molar-refractivity contribution in [1.82, 2.24) is 0 Å². The van der Waals surface area contributed by atoms with Gasteiger partial charge in [0.1, 0.15) is 13.2 Å². The number of esters is 3. The van der Waals surface area contributed by atoms with Crippen molar-refractivity contribution in [2.75, 3.05) is 13.2 Å². The van der Waals surface area contributed by atoms with Gasteiger partial charge in [-0.1, -0.05) is 311 Å². The first kappa shape index (κ1) is 75.6. The number of hydrogen-bond acceptors (Lipinski definition) is 6. The maximum Gasteiger partial charge on any atom is 0.306 e. The Bertz CT molecular complexity index is 1500. The summed E-state index contributed by atoms with van der Waals surface area (Å²) in [5.41, 5.74) is 0. The highest BCUT2D eigenvalue weighted by Crippen LogP contribution is 2.17. The zero-order valence-electron chi connectivity index (χ0n) is 52.4. The summed E-state index contributed by atoms with van der Waals surface area (Å²) in [6, 6.07) is 0.